The SMILES string of the molecule is O=C(/C=C/c1cccc([N+](=O)[O-])c1)Nc1ccccc1C(=O)Nc1ccc(Nc2ccccc2)cc1. The summed E-state index contributed by atoms with van der Waals surface area (Å²) in [5.74, 6) is -0.851. The third-order valence-corrected chi connectivity index (χ3v) is 5.14. The van der Waals surface area contributed by atoms with Gasteiger partial charge in [-0.3, -0.25) is 19.7 Å². The number of benzene rings is 4. The standard InChI is InChI=1S/C28H22N4O4/c33-27(18-13-20-7-6-10-24(19-20)32(35)36)31-26-12-5-4-11-25(26)28(34)30-23-16-14-22(15-17-23)29-21-8-2-1-3-9-21/h1-19,29H,(H,30,34)(H,31,33)/b18-13+. The van der Waals surface area contributed by atoms with Gasteiger partial charge in [0.15, 0.2) is 0 Å². The van der Waals surface area contributed by atoms with Gasteiger partial charge < -0.3 is 16.0 Å². The Hall–Kier alpha value is -5.24. The van der Waals surface area contributed by atoms with Crippen molar-refractivity contribution in [3.8, 4) is 0 Å². The number of non-ortho nitro benzene ring substituents is 1. The number of anilines is 4. The third kappa shape index (κ3) is 6.42. The highest BCUT2D eigenvalue weighted by Crippen LogP contribution is 2.21. The van der Waals surface area contributed by atoms with Crippen LogP contribution < -0.4 is 16.0 Å². The van der Waals surface area contributed by atoms with Gasteiger partial charge >= 0.3 is 0 Å². The molecule has 0 fully saturated rings. The average molecular weight is 479 g/mol. The minimum Gasteiger partial charge on any atom is -0.356 e. The molecule has 8 heteroatoms. The zero-order chi connectivity index (χ0) is 25.3. The molecule has 4 aromatic rings. The normalized spacial score (nSPS) is 10.6. The summed E-state index contributed by atoms with van der Waals surface area (Å²) in [5.41, 5.74) is 3.51. The van der Waals surface area contributed by atoms with Crippen molar-refractivity contribution in [2.24, 2.45) is 0 Å². The molecule has 0 aliphatic heterocycles. The Morgan fingerprint density at radius 2 is 1.39 bits per heavy atom. The first kappa shape index (κ1) is 23.9. The monoisotopic (exact) mass is 478 g/mol. The number of nitro groups is 1. The number of carbonyl (C=O) groups is 2. The maximum Gasteiger partial charge on any atom is 0.270 e. The van der Waals surface area contributed by atoms with Crippen molar-refractivity contribution in [1.82, 2.24) is 0 Å². The molecule has 0 aromatic heterocycles. The molecular weight excluding hydrogens is 456 g/mol. The lowest BCUT2D eigenvalue weighted by atomic mass is 10.1. The predicted octanol–water partition coefficient (Wildman–Crippen LogP) is 6.24. The van der Waals surface area contributed by atoms with Crippen LogP contribution in [0.1, 0.15) is 15.9 Å². The molecule has 8 nitrogen and oxygen atoms in total. The number of hydrogen-bond acceptors (Lipinski definition) is 5. The second-order valence-electron chi connectivity index (χ2n) is 7.74. The number of carbonyl (C=O) groups excluding carboxylic acids is 2. The van der Waals surface area contributed by atoms with Crippen LogP contribution in [0.5, 0.6) is 0 Å². The molecule has 0 spiro atoms. The van der Waals surface area contributed by atoms with E-state index >= 15 is 0 Å². The van der Waals surface area contributed by atoms with Gasteiger partial charge in [0.25, 0.3) is 11.6 Å². The maximum absolute atomic E-state index is 12.9. The van der Waals surface area contributed by atoms with Gasteiger partial charge in [0.2, 0.25) is 5.91 Å². The van der Waals surface area contributed by atoms with Crippen LogP contribution in [0.15, 0.2) is 109 Å². The number of hydrogen-bond donors (Lipinski definition) is 3. The fourth-order valence-corrected chi connectivity index (χ4v) is 3.40. The molecule has 178 valence electrons. The van der Waals surface area contributed by atoms with Crippen molar-refractivity contribution in [2.75, 3.05) is 16.0 Å². The van der Waals surface area contributed by atoms with Gasteiger partial charge in [-0.1, -0.05) is 42.5 Å². The third-order valence-electron chi connectivity index (χ3n) is 5.14. The topological polar surface area (TPSA) is 113 Å². The predicted molar refractivity (Wildman–Crippen MR) is 141 cm³/mol. The average Bonchev–Trinajstić information content (AvgIpc) is 2.89. The van der Waals surface area contributed by atoms with Crippen molar-refractivity contribution in [1.29, 1.82) is 0 Å². The Kier molecular flexibility index (Phi) is 7.47. The lowest BCUT2D eigenvalue weighted by Gasteiger charge is -2.11. The molecule has 0 aliphatic rings. The number of rotatable bonds is 8. The molecule has 0 bridgehead atoms. The van der Waals surface area contributed by atoms with Gasteiger partial charge in [-0.2, -0.15) is 0 Å². The van der Waals surface area contributed by atoms with Crippen LogP contribution in [0.3, 0.4) is 0 Å². The lowest BCUT2D eigenvalue weighted by Crippen LogP contribution is -2.17. The van der Waals surface area contributed by atoms with E-state index < -0.39 is 10.8 Å². The van der Waals surface area contributed by atoms with Crippen LogP contribution in [0.25, 0.3) is 6.08 Å². The zero-order valence-electron chi connectivity index (χ0n) is 19.0. The van der Waals surface area contributed by atoms with E-state index in [0.29, 0.717) is 22.5 Å². The van der Waals surface area contributed by atoms with Crippen LogP contribution in [0.4, 0.5) is 28.4 Å². The van der Waals surface area contributed by atoms with E-state index in [-0.39, 0.29) is 11.6 Å². The Balaban J connectivity index is 1.40. The van der Waals surface area contributed by atoms with Crippen molar-refractivity contribution in [3.05, 3.63) is 130 Å². The zero-order valence-corrected chi connectivity index (χ0v) is 19.0. The summed E-state index contributed by atoms with van der Waals surface area (Å²) in [6.07, 6.45) is 2.72. The molecule has 0 atom stereocenters. The second kappa shape index (κ2) is 11.3. The van der Waals surface area contributed by atoms with Crippen molar-refractivity contribution in [2.45, 2.75) is 0 Å². The Morgan fingerprint density at radius 1 is 0.722 bits per heavy atom. The molecule has 2 amide bonds. The number of amides is 2. The van der Waals surface area contributed by atoms with Crippen molar-refractivity contribution in [3.63, 3.8) is 0 Å². The summed E-state index contributed by atoms with van der Waals surface area (Å²) in [5, 5.41) is 19.7. The van der Waals surface area contributed by atoms with Crippen molar-refractivity contribution < 1.29 is 14.5 Å². The molecule has 4 rings (SSSR count). The summed E-state index contributed by atoms with van der Waals surface area (Å²) in [4.78, 5) is 35.8. The first-order valence-electron chi connectivity index (χ1n) is 11.0. The largest absolute Gasteiger partial charge is 0.356 e. The van der Waals surface area contributed by atoms with Crippen LogP contribution in [-0.2, 0) is 4.79 Å². The highest BCUT2D eigenvalue weighted by molar-refractivity contribution is 6.11. The smallest absolute Gasteiger partial charge is 0.270 e. The quantitative estimate of drug-likeness (QED) is 0.158. The molecule has 3 N–H and O–H groups in total. The summed E-state index contributed by atoms with van der Waals surface area (Å²) in [6.45, 7) is 0. The molecule has 36 heavy (non-hydrogen) atoms. The lowest BCUT2D eigenvalue weighted by molar-refractivity contribution is -0.384. The molecule has 0 unspecified atom stereocenters. The van der Waals surface area contributed by atoms with E-state index in [1.807, 2.05) is 42.5 Å². The minimum atomic E-state index is -0.500. The van der Waals surface area contributed by atoms with E-state index in [1.54, 1.807) is 48.5 Å². The highest BCUT2D eigenvalue weighted by Gasteiger charge is 2.13. The van der Waals surface area contributed by atoms with Gasteiger partial charge in [0.05, 0.1) is 16.2 Å². The maximum atomic E-state index is 12.9. The van der Waals surface area contributed by atoms with E-state index in [2.05, 4.69) is 16.0 Å². The van der Waals surface area contributed by atoms with Crippen LogP contribution in [0, 0.1) is 10.1 Å². The van der Waals surface area contributed by atoms with Crippen LogP contribution in [-0.4, -0.2) is 16.7 Å². The molecule has 0 saturated heterocycles. The Labute approximate surface area is 207 Å². The minimum absolute atomic E-state index is 0.0662. The number of nitrogens with one attached hydrogen (secondary N) is 3. The molecule has 0 saturated carbocycles. The molecule has 0 aliphatic carbocycles. The summed E-state index contributed by atoms with van der Waals surface area (Å²) < 4.78 is 0. The fraction of sp³-hybridized carbons (Fsp3) is 0. The van der Waals surface area contributed by atoms with E-state index in [9.17, 15) is 19.7 Å². The number of para-hydroxylation sites is 2. The molecule has 0 heterocycles. The highest BCUT2D eigenvalue weighted by atomic mass is 16.6. The van der Waals surface area contributed by atoms with Crippen LogP contribution in [0.2, 0.25) is 0 Å². The number of nitro benzene ring substituents is 1. The van der Waals surface area contributed by atoms with E-state index in [1.165, 1.54) is 24.3 Å². The number of nitrogens with zero attached hydrogens (tertiary/aromatic N) is 1. The van der Waals surface area contributed by atoms with Gasteiger partial charge in [-0.15, -0.1) is 0 Å². The van der Waals surface area contributed by atoms with Gasteiger partial charge in [0.1, 0.15) is 0 Å². The van der Waals surface area contributed by atoms with Gasteiger partial charge in [-0.05, 0) is 60.2 Å². The Morgan fingerprint density at radius 3 is 2.14 bits per heavy atom. The summed E-state index contributed by atoms with van der Waals surface area (Å²) in [6, 6.07) is 29.6. The first-order valence-corrected chi connectivity index (χ1v) is 11.0. The fourth-order valence-electron chi connectivity index (χ4n) is 3.40. The van der Waals surface area contributed by atoms with Gasteiger partial charge in [-0.25, -0.2) is 0 Å². The summed E-state index contributed by atoms with van der Waals surface area (Å²) in [7, 11) is 0. The Bertz CT molecular complexity index is 1420. The molecule has 4 aromatic carbocycles. The molecular formula is C28H22N4O4. The van der Waals surface area contributed by atoms with Crippen LogP contribution >= 0.6 is 0 Å². The van der Waals surface area contributed by atoms with Crippen molar-refractivity contribution >= 4 is 46.3 Å². The summed E-state index contributed by atoms with van der Waals surface area (Å²) >= 11 is 0. The van der Waals surface area contributed by atoms with Gasteiger partial charge in [0, 0.05) is 35.3 Å². The van der Waals surface area contributed by atoms with E-state index in [0.717, 1.165) is 11.4 Å². The van der Waals surface area contributed by atoms with E-state index in [4.69, 9.17) is 0 Å². The first-order chi connectivity index (χ1) is 17.5. The molecule has 0 radical (unpaired) electrons. The second-order valence-corrected chi connectivity index (χ2v) is 7.74.